The van der Waals surface area contributed by atoms with Crippen LogP contribution < -0.4 is 36.1 Å². The number of ether oxygens (including phenoxy) is 6. The van der Waals surface area contributed by atoms with Crippen molar-refractivity contribution in [2.45, 2.75) is 193 Å². The fourth-order valence-electron chi connectivity index (χ4n) is 11.4. The minimum absolute atomic E-state index is 0.00247. The highest BCUT2D eigenvalue weighted by atomic mass is 35.5. The minimum Gasteiger partial charge on any atom is -0.495 e. The third kappa shape index (κ3) is 18.8. The van der Waals surface area contributed by atoms with Crippen LogP contribution >= 0.6 is 11.6 Å². The number of halogens is 1. The SMILES string of the molecule is CCC(CC)C(=O)CCCCCCC(=O)C[C@H](C(=O)N[C@@H](CCCNC(N)=O)C(=O)Cc1ccc(NC(=O)O[C@H]2CC(=O)N(C)c3cc(cc(OC)c3Cl)C/C(C)=C/C=C/[C@@H](OC)[C@]3(O)CC(=O)O[C@@H](C3)[C@@H](C)[C@@H]3O[C@@]23C)c(OC)c1)C(C)C. The molecule has 3 heterocycles. The molecule has 6 N–H and O–H groups in total. The molecule has 0 unspecified atom stereocenters. The van der Waals surface area contributed by atoms with Crippen molar-refractivity contribution in [3.63, 3.8) is 0 Å². The standard InChI is InChI=1S/C63H90ClN5O15/c1-12-42(13-2)48(71)23-17-15-14-16-21-43(70)33-44(37(3)4)59(75)67-45(22-19-27-66-60(65)76)49(72)30-40-25-26-46(50(31-40)79-9)68-61(77)83-54-34-55(73)69(8)47-29-41(32-51(80-10)57(47)64)28-38(5)20-18-24-53(81-11)63(78)35-52(82-56(74)36-63)39(6)58-62(54,7)84-58/h18,20,24-26,29,31-32,37,39,42,44-45,52-54,58,78H,12-17,19,21-23,27-28,30,33-36H2,1-11H3,(H,67,75)(H,68,77)(H3,65,66,76)/b24-18+,38-20+/t39-,44+,45+,52+,53-,54+,58+,62+,63-/m1/s1. The number of benzene rings is 2. The Hall–Kier alpha value is -6.35. The molecule has 9 atom stereocenters. The summed E-state index contributed by atoms with van der Waals surface area (Å²) >= 11 is 6.86. The van der Waals surface area contributed by atoms with E-state index in [4.69, 9.17) is 45.8 Å². The van der Waals surface area contributed by atoms with Gasteiger partial charge in [0.1, 0.15) is 57.6 Å². The zero-order valence-corrected chi connectivity index (χ0v) is 51.7. The maximum atomic E-state index is 14.5. The largest absolute Gasteiger partial charge is 0.495 e. The predicted molar refractivity (Wildman–Crippen MR) is 319 cm³/mol. The van der Waals surface area contributed by atoms with E-state index in [2.05, 4.69) is 16.0 Å². The summed E-state index contributed by atoms with van der Waals surface area (Å²) in [7, 11) is 5.85. The molecule has 0 aliphatic carbocycles. The Bertz CT molecular complexity index is 2730. The number of nitrogens with zero attached hydrogens (tertiary/aromatic N) is 1. The molecule has 0 aromatic heterocycles. The van der Waals surface area contributed by atoms with Gasteiger partial charge in [0.05, 0.1) is 50.6 Å². The van der Waals surface area contributed by atoms with Crippen molar-refractivity contribution in [3.8, 4) is 11.5 Å². The zero-order chi connectivity index (χ0) is 62.1. The molecule has 0 saturated carbocycles. The fraction of sp³-hybridized carbons (Fsp3) is 0.619. The van der Waals surface area contributed by atoms with Crippen LogP contribution in [0.5, 0.6) is 11.5 Å². The summed E-state index contributed by atoms with van der Waals surface area (Å²) in [5, 5.41) is 20.3. The van der Waals surface area contributed by atoms with E-state index >= 15 is 0 Å². The molecular weight excluding hydrogens is 1100 g/mol. The number of carbonyl (C=O) groups is 8. The van der Waals surface area contributed by atoms with Crippen LogP contribution in [0, 0.1) is 23.7 Å². The molecule has 2 aromatic carbocycles. The highest BCUT2D eigenvalue weighted by Gasteiger charge is 2.64. The molecule has 2 fully saturated rings. The topological polar surface area (TPSA) is 281 Å². The van der Waals surface area contributed by atoms with Gasteiger partial charge in [0, 0.05) is 70.6 Å². The van der Waals surface area contributed by atoms with Gasteiger partial charge in [-0.2, -0.15) is 0 Å². The van der Waals surface area contributed by atoms with E-state index in [1.807, 2.05) is 40.7 Å². The number of carbonyl (C=O) groups excluding carboxylic acids is 8. The number of anilines is 2. The number of nitrogens with two attached hydrogens (primary N) is 1. The molecule has 5 rings (SSSR count). The third-order valence-electron chi connectivity index (χ3n) is 16.7. The lowest BCUT2D eigenvalue weighted by molar-refractivity contribution is -0.187. The number of hydrogen-bond donors (Lipinski definition) is 5. The number of aliphatic hydroxyl groups is 1. The smallest absolute Gasteiger partial charge is 0.412 e. The monoisotopic (exact) mass is 1190 g/mol. The summed E-state index contributed by atoms with van der Waals surface area (Å²) in [6, 6.07) is 6.49. The molecule has 4 bridgehead atoms. The first-order chi connectivity index (χ1) is 39.8. The number of urea groups is 1. The van der Waals surface area contributed by atoms with E-state index in [-0.39, 0.29) is 78.5 Å². The number of methoxy groups -OCH3 is 3. The maximum absolute atomic E-state index is 14.5. The quantitative estimate of drug-likeness (QED) is 0.0317. The van der Waals surface area contributed by atoms with Gasteiger partial charge < -0.3 is 54.8 Å². The number of allylic oxidation sites excluding steroid dienone is 3. The Morgan fingerprint density at radius 2 is 1.63 bits per heavy atom. The second-order valence-electron chi connectivity index (χ2n) is 23.3. The van der Waals surface area contributed by atoms with Gasteiger partial charge in [0.2, 0.25) is 11.8 Å². The lowest BCUT2D eigenvalue weighted by Crippen LogP contribution is -2.53. The van der Waals surface area contributed by atoms with Gasteiger partial charge in [-0.3, -0.25) is 34.1 Å². The average molecular weight is 1190 g/mol. The molecule has 3 aliphatic heterocycles. The number of ketones is 3. The molecule has 84 heavy (non-hydrogen) atoms. The van der Waals surface area contributed by atoms with Crippen molar-refractivity contribution in [2.24, 2.45) is 29.4 Å². The first-order valence-corrected chi connectivity index (χ1v) is 29.8. The normalized spacial score (nSPS) is 24.3. The number of esters is 1. The van der Waals surface area contributed by atoms with Crippen LogP contribution in [-0.4, -0.2) is 129 Å². The molecule has 21 heteroatoms. The fourth-order valence-corrected chi connectivity index (χ4v) is 11.7. The lowest BCUT2D eigenvalue weighted by atomic mass is 9.78. The van der Waals surface area contributed by atoms with Crippen molar-refractivity contribution >= 4 is 70.2 Å². The molecular formula is C63H90ClN5O15. The molecule has 2 aromatic rings. The molecule has 3 aliphatic rings. The summed E-state index contributed by atoms with van der Waals surface area (Å²) < 4.78 is 35.4. The number of amides is 5. The van der Waals surface area contributed by atoms with Gasteiger partial charge >= 0.3 is 18.1 Å². The summed E-state index contributed by atoms with van der Waals surface area (Å²) in [6.45, 7) is 13.3. The highest BCUT2D eigenvalue weighted by Crippen LogP contribution is 2.50. The van der Waals surface area contributed by atoms with Crippen LogP contribution in [0.2, 0.25) is 5.02 Å². The molecule has 464 valence electrons. The average Bonchev–Trinajstić information content (AvgIpc) is 2.64. The summed E-state index contributed by atoms with van der Waals surface area (Å²) in [4.78, 5) is 109. The minimum atomic E-state index is -1.65. The van der Waals surface area contributed by atoms with Gasteiger partial charge in [-0.05, 0) is 100 Å². The van der Waals surface area contributed by atoms with Crippen LogP contribution in [-0.2, 0) is 60.6 Å². The van der Waals surface area contributed by atoms with Gasteiger partial charge in [0.25, 0.3) is 0 Å². The Balaban J connectivity index is 1.33. The van der Waals surface area contributed by atoms with Gasteiger partial charge in [0.15, 0.2) is 5.78 Å². The molecule has 0 spiro atoms. The van der Waals surface area contributed by atoms with Crippen molar-refractivity contribution in [1.82, 2.24) is 10.6 Å². The number of rotatable bonds is 27. The van der Waals surface area contributed by atoms with E-state index in [9.17, 15) is 43.5 Å². The molecule has 5 amide bonds. The summed E-state index contributed by atoms with van der Waals surface area (Å²) in [5.74, 6) is -2.63. The number of nitrogens with one attached hydrogen (secondary N) is 3. The Morgan fingerprint density at radius 1 is 0.940 bits per heavy atom. The lowest BCUT2D eigenvalue weighted by Gasteiger charge is -2.41. The van der Waals surface area contributed by atoms with Crippen LogP contribution in [0.1, 0.15) is 149 Å². The second-order valence-corrected chi connectivity index (χ2v) is 23.7. The van der Waals surface area contributed by atoms with Crippen LogP contribution in [0.3, 0.4) is 0 Å². The van der Waals surface area contributed by atoms with Crippen molar-refractivity contribution < 1.29 is 71.9 Å². The van der Waals surface area contributed by atoms with Crippen molar-refractivity contribution in [3.05, 3.63) is 70.3 Å². The van der Waals surface area contributed by atoms with Crippen molar-refractivity contribution in [2.75, 3.05) is 45.1 Å². The van der Waals surface area contributed by atoms with E-state index < -0.39 is 89.8 Å². The second kappa shape index (κ2) is 31.7. The Morgan fingerprint density at radius 3 is 2.27 bits per heavy atom. The van der Waals surface area contributed by atoms with Gasteiger partial charge in [-0.15, -0.1) is 0 Å². The maximum Gasteiger partial charge on any atom is 0.412 e. The third-order valence-corrected chi connectivity index (χ3v) is 17.1. The van der Waals surface area contributed by atoms with Crippen LogP contribution in [0.15, 0.2) is 54.1 Å². The van der Waals surface area contributed by atoms with Gasteiger partial charge in [-0.25, -0.2) is 9.59 Å². The highest BCUT2D eigenvalue weighted by molar-refractivity contribution is 6.35. The number of primary amides is 1. The summed E-state index contributed by atoms with van der Waals surface area (Å²) in [5.41, 5.74) is 4.97. The molecule has 20 nitrogen and oxygen atoms in total. The number of epoxide rings is 1. The van der Waals surface area contributed by atoms with E-state index in [1.54, 1.807) is 57.3 Å². The van der Waals surface area contributed by atoms with Crippen molar-refractivity contribution in [1.29, 1.82) is 0 Å². The van der Waals surface area contributed by atoms with E-state index in [0.717, 1.165) is 43.2 Å². The number of hydrogen-bond acceptors (Lipinski definition) is 15. The molecule has 2 saturated heterocycles. The molecule has 0 radical (unpaired) electrons. The Kier molecular flexibility index (Phi) is 25.8. The first-order valence-electron chi connectivity index (χ1n) is 29.5. The predicted octanol–water partition coefficient (Wildman–Crippen LogP) is 9.25. The number of unbranched alkanes of at least 4 members (excludes halogenated alkanes) is 3. The van der Waals surface area contributed by atoms with E-state index in [0.29, 0.717) is 54.9 Å². The number of Topliss-reactive ketones (excluding diaryl/α,β-unsaturated/α-hetero) is 3. The Labute approximate surface area is 500 Å². The van der Waals surface area contributed by atoms with Crippen LogP contribution in [0.25, 0.3) is 0 Å². The number of fused-ring (bicyclic) bond motifs is 5. The zero-order valence-electron chi connectivity index (χ0n) is 50.9. The summed E-state index contributed by atoms with van der Waals surface area (Å²) in [6.07, 6.45) is 6.14. The van der Waals surface area contributed by atoms with Gasteiger partial charge in [-0.1, -0.05) is 88.9 Å². The van der Waals surface area contributed by atoms with E-state index in [1.165, 1.54) is 32.3 Å². The first kappa shape index (κ1) is 68.4. The van der Waals surface area contributed by atoms with Crippen LogP contribution in [0.4, 0.5) is 21.0 Å².